The molecule has 1 N–H and O–H groups in total. The smallest absolute Gasteiger partial charge is 0.309 e. The Morgan fingerprint density at radius 1 is 1.26 bits per heavy atom. The lowest BCUT2D eigenvalue weighted by atomic mass is 9.56. The van der Waals surface area contributed by atoms with Gasteiger partial charge in [-0.1, -0.05) is 13.3 Å². The second-order valence-corrected chi connectivity index (χ2v) is 6.77. The summed E-state index contributed by atoms with van der Waals surface area (Å²) in [4.78, 5) is 23.6. The summed E-state index contributed by atoms with van der Waals surface area (Å²) in [6, 6.07) is 0. The number of esters is 1. The molecule has 1 aliphatic heterocycles. The van der Waals surface area contributed by atoms with Crippen molar-refractivity contribution < 1.29 is 19.4 Å². The van der Waals surface area contributed by atoms with Crippen molar-refractivity contribution in [2.24, 2.45) is 35.5 Å². The Hall–Kier alpha value is -1.06. The number of hydrogen-bond acceptors (Lipinski definition) is 3. The Morgan fingerprint density at radius 3 is 2.68 bits per heavy atom. The summed E-state index contributed by atoms with van der Waals surface area (Å²) in [6.07, 6.45) is 3.78. The molecule has 0 unspecified atom stereocenters. The molecule has 2 aliphatic carbocycles. The van der Waals surface area contributed by atoms with Crippen molar-refractivity contribution in [2.75, 3.05) is 0 Å². The molecule has 2 saturated carbocycles. The average molecular weight is 266 g/mol. The lowest BCUT2D eigenvalue weighted by Crippen LogP contribution is -2.47. The van der Waals surface area contributed by atoms with Gasteiger partial charge in [-0.2, -0.15) is 0 Å². The van der Waals surface area contributed by atoms with Gasteiger partial charge in [0.2, 0.25) is 0 Å². The number of aliphatic carboxylic acids is 1. The third kappa shape index (κ3) is 1.96. The summed E-state index contributed by atoms with van der Waals surface area (Å²) < 4.78 is 5.32. The van der Waals surface area contributed by atoms with Gasteiger partial charge in [0.05, 0.1) is 11.8 Å². The van der Waals surface area contributed by atoms with E-state index in [2.05, 4.69) is 6.92 Å². The first-order valence-corrected chi connectivity index (χ1v) is 7.42. The molecule has 3 rings (SSSR count). The maximum Gasteiger partial charge on any atom is 0.309 e. The average Bonchev–Trinajstić information content (AvgIpc) is 2.61. The molecule has 4 heteroatoms. The lowest BCUT2D eigenvalue weighted by molar-refractivity contribution is -0.153. The fraction of sp³-hybridized carbons (Fsp3) is 0.867. The fourth-order valence-corrected chi connectivity index (χ4v) is 4.85. The minimum Gasteiger partial charge on any atom is -0.481 e. The second kappa shape index (κ2) is 4.50. The van der Waals surface area contributed by atoms with E-state index in [0.717, 1.165) is 25.7 Å². The molecular weight excluding hydrogens is 244 g/mol. The van der Waals surface area contributed by atoms with Crippen LogP contribution in [0.15, 0.2) is 0 Å². The highest BCUT2D eigenvalue weighted by atomic mass is 16.6. The Bertz CT molecular complexity index is 405. The predicted octanol–water partition coefficient (Wildman–Crippen LogP) is 2.32. The topological polar surface area (TPSA) is 63.6 Å². The molecule has 0 aromatic rings. The zero-order valence-electron chi connectivity index (χ0n) is 11.5. The van der Waals surface area contributed by atoms with Gasteiger partial charge in [0.15, 0.2) is 0 Å². The zero-order valence-corrected chi connectivity index (χ0v) is 11.5. The number of ether oxygens (including phenoxy) is 1. The molecule has 0 aromatic carbocycles. The Kier molecular flexibility index (Phi) is 3.06. The highest BCUT2D eigenvalue weighted by molar-refractivity contribution is 5.79. The van der Waals surface area contributed by atoms with Gasteiger partial charge < -0.3 is 9.84 Å². The van der Waals surface area contributed by atoms with Crippen LogP contribution in [0.1, 0.15) is 39.5 Å². The van der Waals surface area contributed by atoms with Crippen LogP contribution >= 0.6 is 0 Å². The second-order valence-electron chi connectivity index (χ2n) is 6.77. The normalized spacial score (nSPS) is 49.2. The molecule has 0 bridgehead atoms. The van der Waals surface area contributed by atoms with Crippen molar-refractivity contribution in [1.29, 1.82) is 0 Å². The highest BCUT2D eigenvalue weighted by Gasteiger charge is 2.57. The van der Waals surface area contributed by atoms with E-state index < -0.39 is 11.9 Å². The first kappa shape index (κ1) is 12.9. The molecule has 0 amide bonds. The molecule has 106 valence electrons. The van der Waals surface area contributed by atoms with Crippen molar-refractivity contribution in [2.45, 2.75) is 45.6 Å². The molecule has 0 spiro atoms. The summed E-state index contributed by atoms with van der Waals surface area (Å²) in [5.41, 5.74) is 0. The standard InChI is InChI=1S/C15H22O4/c1-7-3-4-10-9(5-7)6-11-12(13(10)14(16)17)8(2)19-15(11)18/h7-13H,3-6H2,1-2H3,(H,16,17)/t7-,8-,9+,10-,11-,12-,13+/m1/s1. The Morgan fingerprint density at radius 2 is 2.00 bits per heavy atom. The SMILES string of the molecule is C[C@@H]1CC[C@@H]2[C@@H](C1)C[C@H]1C(=O)O[C@H](C)[C@H]1[C@H]2C(=O)O. The van der Waals surface area contributed by atoms with Gasteiger partial charge in [-0.25, -0.2) is 0 Å². The summed E-state index contributed by atoms with van der Waals surface area (Å²) in [7, 11) is 0. The van der Waals surface area contributed by atoms with Gasteiger partial charge in [0.25, 0.3) is 0 Å². The van der Waals surface area contributed by atoms with E-state index in [0.29, 0.717) is 11.8 Å². The first-order valence-electron chi connectivity index (χ1n) is 7.42. The van der Waals surface area contributed by atoms with E-state index in [4.69, 9.17) is 4.74 Å². The molecule has 1 saturated heterocycles. The van der Waals surface area contributed by atoms with E-state index in [-0.39, 0.29) is 29.8 Å². The maximum absolute atomic E-state index is 11.9. The van der Waals surface area contributed by atoms with E-state index in [1.54, 1.807) is 0 Å². The number of fused-ring (bicyclic) bond motifs is 2. The van der Waals surface area contributed by atoms with Crippen molar-refractivity contribution in [1.82, 2.24) is 0 Å². The van der Waals surface area contributed by atoms with E-state index >= 15 is 0 Å². The van der Waals surface area contributed by atoms with Crippen molar-refractivity contribution in [3.8, 4) is 0 Å². The van der Waals surface area contributed by atoms with Crippen LogP contribution in [-0.4, -0.2) is 23.1 Å². The minimum absolute atomic E-state index is 0.111. The number of carboxylic acid groups (broad SMARTS) is 1. The van der Waals surface area contributed by atoms with Crippen LogP contribution in [0.4, 0.5) is 0 Å². The number of carboxylic acids is 1. The zero-order chi connectivity index (χ0) is 13.7. The number of cyclic esters (lactones) is 1. The van der Waals surface area contributed by atoms with Gasteiger partial charge in [-0.3, -0.25) is 9.59 Å². The summed E-state index contributed by atoms with van der Waals surface area (Å²) in [6.45, 7) is 4.08. The summed E-state index contributed by atoms with van der Waals surface area (Å²) >= 11 is 0. The van der Waals surface area contributed by atoms with Crippen LogP contribution in [0.5, 0.6) is 0 Å². The monoisotopic (exact) mass is 266 g/mol. The molecule has 1 heterocycles. The van der Waals surface area contributed by atoms with Crippen LogP contribution in [0.3, 0.4) is 0 Å². The molecule has 4 nitrogen and oxygen atoms in total. The molecular formula is C15H22O4. The Balaban J connectivity index is 1.92. The predicted molar refractivity (Wildman–Crippen MR) is 68.3 cm³/mol. The van der Waals surface area contributed by atoms with Gasteiger partial charge in [-0.05, 0) is 43.9 Å². The first-order chi connectivity index (χ1) is 8.99. The van der Waals surface area contributed by atoms with Crippen LogP contribution in [0, 0.1) is 35.5 Å². The van der Waals surface area contributed by atoms with Crippen molar-refractivity contribution in [3.05, 3.63) is 0 Å². The van der Waals surface area contributed by atoms with Gasteiger partial charge >= 0.3 is 11.9 Å². The van der Waals surface area contributed by atoms with Gasteiger partial charge in [0, 0.05) is 5.92 Å². The maximum atomic E-state index is 11.9. The molecule has 0 radical (unpaired) electrons. The number of carbonyl (C=O) groups excluding carboxylic acids is 1. The highest BCUT2D eigenvalue weighted by Crippen LogP contribution is 2.53. The fourth-order valence-electron chi connectivity index (χ4n) is 4.85. The molecule has 0 aromatic heterocycles. The number of hydrogen-bond donors (Lipinski definition) is 1. The largest absolute Gasteiger partial charge is 0.481 e. The molecule has 3 aliphatic rings. The number of rotatable bonds is 1. The van der Waals surface area contributed by atoms with Gasteiger partial charge in [0.1, 0.15) is 6.10 Å². The van der Waals surface area contributed by atoms with E-state index in [1.807, 2.05) is 6.92 Å². The Labute approximate surface area is 113 Å². The third-order valence-electron chi connectivity index (χ3n) is 5.63. The van der Waals surface area contributed by atoms with Crippen LogP contribution in [-0.2, 0) is 14.3 Å². The van der Waals surface area contributed by atoms with Gasteiger partial charge in [-0.15, -0.1) is 0 Å². The van der Waals surface area contributed by atoms with Crippen LogP contribution < -0.4 is 0 Å². The number of carbonyl (C=O) groups is 2. The molecule has 19 heavy (non-hydrogen) atoms. The summed E-state index contributed by atoms with van der Waals surface area (Å²) in [5, 5.41) is 9.63. The summed E-state index contributed by atoms with van der Waals surface area (Å²) in [5.74, 6) is -0.289. The van der Waals surface area contributed by atoms with Crippen LogP contribution in [0.25, 0.3) is 0 Å². The lowest BCUT2D eigenvalue weighted by Gasteiger charge is -2.46. The van der Waals surface area contributed by atoms with Crippen LogP contribution in [0.2, 0.25) is 0 Å². The molecule has 7 atom stereocenters. The third-order valence-corrected chi connectivity index (χ3v) is 5.63. The molecule has 3 fully saturated rings. The minimum atomic E-state index is -0.732. The quantitative estimate of drug-likeness (QED) is 0.740. The van der Waals surface area contributed by atoms with Crippen molar-refractivity contribution >= 4 is 11.9 Å². The van der Waals surface area contributed by atoms with Crippen molar-refractivity contribution in [3.63, 3.8) is 0 Å². The van der Waals surface area contributed by atoms with E-state index in [9.17, 15) is 14.7 Å². The van der Waals surface area contributed by atoms with E-state index in [1.165, 1.54) is 0 Å².